The van der Waals surface area contributed by atoms with Crippen molar-refractivity contribution in [3.05, 3.63) is 76.2 Å². The number of rotatable bonds is 6. The molecule has 0 aliphatic heterocycles. The van der Waals surface area contributed by atoms with Crippen LogP contribution in [0.2, 0.25) is 0 Å². The molecule has 0 fully saturated rings. The van der Waals surface area contributed by atoms with Gasteiger partial charge in [-0.15, -0.1) is 11.3 Å². The van der Waals surface area contributed by atoms with Crippen LogP contribution in [0.15, 0.2) is 59.6 Å². The summed E-state index contributed by atoms with van der Waals surface area (Å²) in [5.41, 5.74) is 3.68. The molecule has 1 aromatic heterocycles. The quantitative estimate of drug-likeness (QED) is 0.407. The van der Waals surface area contributed by atoms with Crippen LogP contribution in [0.3, 0.4) is 0 Å². The van der Waals surface area contributed by atoms with Crippen LogP contribution in [0.25, 0.3) is 0 Å². The highest BCUT2D eigenvalue weighted by molar-refractivity contribution is 7.16. The second kappa shape index (κ2) is 10.6. The van der Waals surface area contributed by atoms with Crippen LogP contribution in [0.4, 0.5) is 10.7 Å². The molecule has 1 N–H and O–H groups in total. The van der Waals surface area contributed by atoms with E-state index in [2.05, 4.69) is 5.32 Å². The zero-order valence-electron chi connectivity index (χ0n) is 18.8. The average molecular weight is 447 g/mol. The summed E-state index contributed by atoms with van der Waals surface area (Å²) in [6.07, 6.45) is 8.69. The number of para-hydroxylation sites is 1. The number of hydrogen-bond donors (Lipinski definition) is 1. The van der Waals surface area contributed by atoms with Crippen molar-refractivity contribution in [2.45, 2.75) is 58.5 Å². The van der Waals surface area contributed by atoms with E-state index in [0.29, 0.717) is 0 Å². The Kier molecular flexibility index (Phi) is 7.38. The second-order valence-electron chi connectivity index (χ2n) is 8.42. The van der Waals surface area contributed by atoms with Gasteiger partial charge in [0.05, 0.1) is 11.7 Å². The van der Waals surface area contributed by atoms with Crippen molar-refractivity contribution < 1.29 is 9.53 Å². The molecule has 0 saturated heterocycles. The molecule has 0 radical (unpaired) electrons. The molecule has 1 aliphatic rings. The van der Waals surface area contributed by atoms with Gasteiger partial charge in [-0.3, -0.25) is 4.79 Å². The molecule has 166 valence electrons. The Morgan fingerprint density at radius 3 is 2.59 bits per heavy atom. The molecule has 0 saturated carbocycles. The van der Waals surface area contributed by atoms with Crippen LogP contribution < -0.4 is 10.1 Å². The summed E-state index contributed by atoms with van der Waals surface area (Å²) in [5, 5.41) is 3.87. The van der Waals surface area contributed by atoms with Crippen molar-refractivity contribution in [1.82, 2.24) is 0 Å². The van der Waals surface area contributed by atoms with E-state index in [0.717, 1.165) is 46.8 Å². The molecular formula is C27H30N2O2S. The number of hydrogen-bond acceptors (Lipinski definition) is 4. The van der Waals surface area contributed by atoms with Crippen LogP contribution in [-0.2, 0) is 12.8 Å². The van der Waals surface area contributed by atoms with Gasteiger partial charge in [0, 0.05) is 16.8 Å². The molecule has 0 unspecified atom stereocenters. The number of aryl methyl sites for hydroxylation is 1. The van der Waals surface area contributed by atoms with Crippen LogP contribution in [0, 0.1) is 0 Å². The predicted octanol–water partition coefficient (Wildman–Crippen LogP) is 7.20. The molecule has 0 spiro atoms. The monoisotopic (exact) mass is 446 g/mol. The van der Waals surface area contributed by atoms with Crippen LogP contribution in [0.1, 0.15) is 65.9 Å². The van der Waals surface area contributed by atoms with Crippen molar-refractivity contribution in [2.75, 3.05) is 5.32 Å². The molecule has 1 amide bonds. The Hall–Kier alpha value is -2.92. The number of thiophene rings is 1. The van der Waals surface area contributed by atoms with Gasteiger partial charge in [-0.2, -0.15) is 0 Å². The van der Waals surface area contributed by atoms with Gasteiger partial charge in [-0.1, -0.05) is 43.2 Å². The second-order valence-corrected chi connectivity index (χ2v) is 9.50. The first-order valence-corrected chi connectivity index (χ1v) is 12.2. The molecule has 2 aromatic carbocycles. The summed E-state index contributed by atoms with van der Waals surface area (Å²) in [5.74, 6) is 0.753. The molecular weight excluding hydrogens is 416 g/mol. The van der Waals surface area contributed by atoms with Gasteiger partial charge in [0.2, 0.25) is 0 Å². The topological polar surface area (TPSA) is 50.7 Å². The fourth-order valence-electron chi connectivity index (χ4n) is 4.02. The molecule has 0 bridgehead atoms. The molecule has 3 aromatic rings. The Labute approximate surface area is 194 Å². The third-order valence-electron chi connectivity index (χ3n) is 5.47. The minimum absolute atomic E-state index is 0.0710. The van der Waals surface area contributed by atoms with Crippen molar-refractivity contribution in [3.63, 3.8) is 0 Å². The molecule has 5 heteroatoms. The largest absolute Gasteiger partial charge is 0.491 e. The van der Waals surface area contributed by atoms with E-state index in [-0.39, 0.29) is 12.0 Å². The number of anilines is 1. The number of benzene rings is 2. The maximum absolute atomic E-state index is 13.4. The van der Waals surface area contributed by atoms with Gasteiger partial charge in [-0.25, -0.2) is 4.99 Å². The first-order chi connectivity index (χ1) is 15.6. The Morgan fingerprint density at radius 2 is 1.81 bits per heavy atom. The number of carbonyl (C=O) groups is 1. The fourth-order valence-corrected chi connectivity index (χ4v) is 5.25. The van der Waals surface area contributed by atoms with Crippen LogP contribution in [-0.4, -0.2) is 18.2 Å². The minimum atomic E-state index is -0.0710. The number of ether oxygens (including phenoxy) is 1. The summed E-state index contributed by atoms with van der Waals surface area (Å²) in [6, 6.07) is 17.5. The lowest BCUT2D eigenvalue weighted by Crippen LogP contribution is -2.14. The number of nitrogens with one attached hydrogen (secondary N) is 1. The molecule has 4 nitrogen and oxygen atoms in total. The van der Waals surface area contributed by atoms with E-state index in [9.17, 15) is 4.79 Å². The molecule has 4 rings (SSSR count). The maximum atomic E-state index is 13.4. The van der Waals surface area contributed by atoms with Gasteiger partial charge < -0.3 is 10.1 Å². The Balaban J connectivity index is 1.67. The summed E-state index contributed by atoms with van der Waals surface area (Å²) < 4.78 is 5.81. The number of carbonyl (C=O) groups excluding carboxylic acids is 1. The van der Waals surface area contributed by atoms with Gasteiger partial charge in [0.15, 0.2) is 0 Å². The highest BCUT2D eigenvalue weighted by atomic mass is 32.1. The van der Waals surface area contributed by atoms with Crippen molar-refractivity contribution in [1.29, 1.82) is 0 Å². The van der Waals surface area contributed by atoms with Gasteiger partial charge >= 0.3 is 0 Å². The van der Waals surface area contributed by atoms with Crippen LogP contribution in [0.5, 0.6) is 5.75 Å². The smallest absolute Gasteiger partial charge is 0.259 e. The van der Waals surface area contributed by atoms with E-state index in [1.54, 1.807) is 11.3 Å². The standard InChI is InChI=1S/C27H30N2O2S/c1-19(2)31-22-14-10-11-20(17-22)18-28-27-25(26(30)29-21-12-6-5-7-13-21)23-15-8-3-4-9-16-24(23)32-27/h5-7,10-14,17-19H,3-4,8-9,15-16H2,1-2H3,(H,29,30). The zero-order chi connectivity index (χ0) is 22.3. The Bertz CT molecular complexity index is 1090. The lowest BCUT2D eigenvalue weighted by molar-refractivity contribution is 0.102. The Morgan fingerprint density at radius 1 is 1.03 bits per heavy atom. The van der Waals surface area contributed by atoms with E-state index < -0.39 is 0 Å². The summed E-state index contributed by atoms with van der Waals surface area (Å²) in [7, 11) is 0. The minimum Gasteiger partial charge on any atom is -0.491 e. The van der Waals surface area contributed by atoms with Gasteiger partial charge in [-0.05, 0) is 74.9 Å². The lowest BCUT2D eigenvalue weighted by atomic mass is 9.96. The van der Waals surface area contributed by atoms with E-state index in [4.69, 9.17) is 9.73 Å². The normalized spacial score (nSPS) is 14.1. The van der Waals surface area contributed by atoms with E-state index >= 15 is 0 Å². The third-order valence-corrected chi connectivity index (χ3v) is 6.67. The van der Waals surface area contributed by atoms with Crippen molar-refractivity contribution in [2.24, 2.45) is 4.99 Å². The predicted molar refractivity (Wildman–Crippen MR) is 134 cm³/mol. The fraction of sp³-hybridized carbons (Fsp3) is 0.333. The third kappa shape index (κ3) is 5.65. The van der Waals surface area contributed by atoms with Crippen molar-refractivity contribution >= 4 is 34.1 Å². The summed E-state index contributed by atoms with van der Waals surface area (Å²) >= 11 is 1.67. The van der Waals surface area contributed by atoms with Gasteiger partial charge in [0.25, 0.3) is 5.91 Å². The van der Waals surface area contributed by atoms with E-state index in [1.807, 2.05) is 74.7 Å². The number of aliphatic imine (C=N–C) groups is 1. The first kappa shape index (κ1) is 22.3. The molecule has 32 heavy (non-hydrogen) atoms. The number of nitrogens with zero attached hydrogens (tertiary/aromatic N) is 1. The van der Waals surface area contributed by atoms with Crippen molar-refractivity contribution in [3.8, 4) is 5.75 Å². The average Bonchev–Trinajstić information content (AvgIpc) is 3.09. The lowest BCUT2D eigenvalue weighted by Gasteiger charge is -2.12. The first-order valence-electron chi connectivity index (χ1n) is 11.4. The summed E-state index contributed by atoms with van der Waals surface area (Å²) in [6.45, 7) is 4.03. The number of fused-ring (bicyclic) bond motifs is 1. The SMILES string of the molecule is CC(C)Oc1cccc(C=Nc2sc3c(c2C(=O)Nc2ccccc2)CCCCCC3)c1. The highest BCUT2D eigenvalue weighted by Gasteiger charge is 2.24. The molecule has 1 heterocycles. The maximum Gasteiger partial charge on any atom is 0.259 e. The number of amides is 1. The zero-order valence-corrected chi connectivity index (χ0v) is 19.6. The van der Waals surface area contributed by atoms with E-state index in [1.165, 1.54) is 29.7 Å². The van der Waals surface area contributed by atoms with Gasteiger partial charge in [0.1, 0.15) is 10.8 Å². The van der Waals surface area contributed by atoms with Crippen LogP contribution >= 0.6 is 11.3 Å². The summed E-state index contributed by atoms with van der Waals surface area (Å²) in [4.78, 5) is 19.5. The molecule has 0 atom stereocenters. The highest BCUT2D eigenvalue weighted by Crippen LogP contribution is 2.39. The molecule has 1 aliphatic carbocycles.